The third-order valence-corrected chi connectivity index (χ3v) is 4.21. The zero-order valence-electron chi connectivity index (χ0n) is 11.9. The highest BCUT2D eigenvalue weighted by molar-refractivity contribution is 5.88. The number of hydrogen-bond acceptors (Lipinski definition) is 4. The molecule has 0 saturated carbocycles. The van der Waals surface area contributed by atoms with Gasteiger partial charge in [-0.25, -0.2) is 4.79 Å². The molecule has 2 heterocycles. The van der Waals surface area contributed by atoms with Crippen LogP contribution in [0.5, 0.6) is 0 Å². The van der Waals surface area contributed by atoms with Crippen LogP contribution in [0.3, 0.4) is 0 Å². The average Bonchev–Trinajstić information content (AvgIpc) is 2.86. The van der Waals surface area contributed by atoms with Gasteiger partial charge in [0, 0.05) is 13.1 Å². The summed E-state index contributed by atoms with van der Waals surface area (Å²) < 4.78 is 5.11. The SMILES string of the molecule is CCOC(=O)C1CCCCN1C(=O)C1(C)CCNC1. The number of nitrogens with one attached hydrogen (secondary N) is 1. The van der Waals surface area contributed by atoms with Gasteiger partial charge < -0.3 is 15.0 Å². The highest BCUT2D eigenvalue weighted by Gasteiger charge is 2.43. The first kappa shape index (κ1) is 14.3. The Kier molecular flexibility index (Phi) is 4.45. The number of likely N-dealkylation sites (tertiary alicyclic amines) is 1. The lowest BCUT2D eigenvalue weighted by atomic mass is 9.86. The van der Waals surface area contributed by atoms with Crippen molar-refractivity contribution in [2.75, 3.05) is 26.2 Å². The molecule has 2 aliphatic rings. The summed E-state index contributed by atoms with van der Waals surface area (Å²) in [5, 5.41) is 3.24. The zero-order chi connectivity index (χ0) is 13.9. The Hall–Kier alpha value is -1.10. The van der Waals surface area contributed by atoms with Crippen LogP contribution < -0.4 is 5.32 Å². The van der Waals surface area contributed by atoms with Crippen molar-refractivity contribution in [3.05, 3.63) is 0 Å². The van der Waals surface area contributed by atoms with Crippen LogP contribution in [-0.4, -0.2) is 49.1 Å². The maximum Gasteiger partial charge on any atom is 0.328 e. The predicted octanol–water partition coefficient (Wildman–Crippen LogP) is 0.930. The standard InChI is InChI=1S/C14H24N2O3/c1-3-19-12(17)11-6-4-5-9-16(11)13(18)14(2)7-8-15-10-14/h11,15H,3-10H2,1-2H3. The van der Waals surface area contributed by atoms with Crippen molar-refractivity contribution in [2.24, 2.45) is 5.41 Å². The molecule has 0 aliphatic carbocycles. The molecule has 0 aromatic rings. The van der Waals surface area contributed by atoms with E-state index in [1.165, 1.54) is 0 Å². The van der Waals surface area contributed by atoms with Crippen molar-refractivity contribution in [2.45, 2.75) is 45.6 Å². The largest absolute Gasteiger partial charge is 0.464 e. The van der Waals surface area contributed by atoms with Gasteiger partial charge in [-0.2, -0.15) is 0 Å². The molecule has 2 rings (SSSR count). The third-order valence-electron chi connectivity index (χ3n) is 4.21. The molecule has 0 aromatic heterocycles. The molecule has 0 radical (unpaired) electrons. The first-order valence-electron chi connectivity index (χ1n) is 7.27. The maximum absolute atomic E-state index is 12.7. The van der Waals surface area contributed by atoms with Gasteiger partial charge in [-0.1, -0.05) is 0 Å². The smallest absolute Gasteiger partial charge is 0.328 e. The summed E-state index contributed by atoms with van der Waals surface area (Å²) in [6.45, 7) is 6.42. The zero-order valence-corrected chi connectivity index (χ0v) is 11.9. The quantitative estimate of drug-likeness (QED) is 0.774. The van der Waals surface area contributed by atoms with Crippen molar-refractivity contribution in [1.82, 2.24) is 10.2 Å². The molecule has 5 nitrogen and oxygen atoms in total. The molecule has 0 spiro atoms. The van der Waals surface area contributed by atoms with E-state index in [9.17, 15) is 9.59 Å². The van der Waals surface area contributed by atoms with Crippen molar-refractivity contribution in [1.29, 1.82) is 0 Å². The van der Waals surface area contributed by atoms with Crippen LogP contribution in [0.15, 0.2) is 0 Å². The maximum atomic E-state index is 12.7. The minimum Gasteiger partial charge on any atom is -0.464 e. The third kappa shape index (κ3) is 2.91. The fourth-order valence-electron chi connectivity index (χ4n) is 3.00. The topological polar surface area (TPSA) is 58.6 Å². The van der Waals surface area contributed by atoms with Gasteiger partial charge in [-0.15, -0.1) is 0 Å². The summed E-state index contributed by atoms with van der Waals surface area (Å²) in [7, 11) is 0. The molecule has 108 valence electrons. The second kappa shape index (κ2) is 5.90. The molecule has 2 saturated heterocycles. The van der Waals surface area contributed by atoms with Crippen molar-refractivity contribution in [3.8, 4) is 0 Å². The van der Waals surface area contributed by atoms with Gasteiger partial charge in [0.1, 0.15) is 6.04 Å². The average molecular weight is 268 g/mol. The molecular weight excluding hydrogens is 244 g/mol. The van der Waals surface area contributed by atoms with Crippen molar-refractivity contribution >= 4 is 11.9 Å². The van der Waals surface area contributed by atoms with Gasteiger partial charge in [-0.05, 0) is 46.1 Å². The number of ether oxygens (including phenoxy) is 1. The normalized spacial score (nSPS) is 31.3. The molecule has 1 N–H and O–H groups in total. The van der Waals surface area contributed by atoms with E-state index < -0.39 is 0 Å². The van der Waals surface area contributed by atoms with E-state index in [-0.39, 0.29) is 23.3 Å². The summed E-state index contributed by atoms with van der Waals surface area (Å²) in [4.78, 5) is 26.5. The van der Waals surface area contributed by atoms with Crippen LogP contribution in [0.1, 0.15) is 39.5 Å². The molecule has 2 unspecified atom stereocenters. The van der Waals surface area contributed by atoms with Crippen LogP contribution in [-0.2, 0) is 14.3 Å². The highest BCUT2D eigenvalue weighted by atomic mass is 16.5. The summed E-state index contributed by atoms with van der Waals surface area (Å²) in [5.74, 6) is -0.139. The van der Waals surface area contributed by atoms with E-state index in [1.807, 2.05) is 6.92 Å². The number of carbonyl (C=O) groups is 2. The lowest BCUT2D eigenvalue weighted by molar-refractivity contribution is -0.160. The monoisotopic (exact) mass is 268 g/mol. The molecule has 0 aromatic carbocycles. The van der Waals surface area contributed by atoms with Gasteiger partial charge in [0.25, 0.3) is 0 Å². The number of piperidine rings is 1. The minimum absolute atomic E-state index is 0.107. The van der Waals surface area contributed by atoms with Gasteiger partial charge in [-0.3, -0.25) is 4.79 Å². The van der Waals surface area contributed by atoms with Crippen molar-refractivity contribution in [3.63, 3.8) is 0 Å². The molecule has 2 atom stereocenters. The Morgan fingerprint density at radius 1 is 1.42 bits per heavy atom. The molecule has 2 fully saturated rings. The predicted molar refractivity (Wildman–Crippen MR) is 71.6 cm³/mol. The number of rotatable bonds is 3. The number of carbonyl (C=O) groups excluding carboxylic acids is 2. The van der Waals surface area contributed by atoms with Crippen LogP contribution in [0.4, 0.5) is 0 Å². The summed E-state index contributed by atoms with van der Waals surface area (Å²) in [5.41, 5.74) is -0.359. The molecule has 2 aliphatic heterocycles. The number of nitrogens with zero attached hydrogens (tertiary/aromatic N) is 1. The van der Waals surface area contributed by atoms with E-state index in [4.69, 9.17) is 4.74 Å². The number of amides is 1. The van der Waals surface area contributed by atoms with Crippen LogP contribution in [0, 0.1) is 5.41 Å². The Bertz CT molecular complexity index is 351. The van der Waals surface area contributed by atoms with E-state index >= 15 is 0 Å². The van der Waals surface area contributed by atoms with Gasteiger partial charge >= 0.3 is 5.97 Å². The fraction of sp³-hybridized carbons (Fsp3) is 0.857. The van der Waals surface area contributed by atoms with Crippen LogP contribution >= 0.6 is 0 Å². The molecule has 19 heavy (non-hydrogen) atoms. The van der Waals surface area contributed by atoms with Crippen molar-refractivity contribution < 1.29 is 14.3 Å². The minimum atomic E-state index is -0.376. The van der Waals surface area contributed by atoms with E-state index in [1.54, 1.807) is 11.8 Å². The summed E-state index contributed by atoms with van der Waals surface area (Å²) in [6, 6.07) is -0.376. The Morgan fingerprint density at radius 3 is 2.84 bits per heavy atom. The van der Waals surface area contributed by atoms with Gasteiger partial charge in [0.2, 0.25) is 5.91 Å². The summed E-state index contributed by atoms with van der Waals surface area (Å²) >= 11 is 0. The van der Waals surface area contributed by atoms with E-state index in [0.717, 1.165) is 32.2 Å². The number of esters is 1. The molecule has 0 bridgehead atoms. The first-order valence-corrected chi connectivity index (χ1v) is 7.27. The molecule has 1 amide bonds. The Labute approximate surface area is 114 Å². The van der Waals surface area contributed by atoms with Crippen LogP contribution in [0.25, 0.3) is 0 Å². The van der Waals surface area contributed by atoms with Gasteiger partial charge in [0.15, 0.2) is 0 Å². The highest BCUT2D eigenvalue weighted by Crippen LogP contribution is 2.30. The first-order chi connectivity index (χ1) is 9.08. The van der Waals surface area contributed by atoms with Gasteiger partial charge in [0.05, 0.1) is 12.0 Å². The Morgan fingerprint density at radius 2 is 2.21 bits per heavy atom. The van der Waals surface area contributed by atoms with E-state index in [2.05, 4.69) is 5.32 Å². The molecular formula is C14H24N2O3. The van der Waals surface area contributed by atoms with Crippen LogP contribution in [0.2, 0.25) is 0 Å². The fourth-order valence-corrected chi connectivity index (χ4v) is 3.00. The van der Waals surface area contributed by atoms with E-state index in [0.29, 0.717) is 19.7 Å². The lowest BCUT2D eigenvalue weighted by Gasteiger charge is -2.38. The second-order valence-electron chi connectivity index (χ2n) is 5.75. The molecule has 5 heteroatoms. The Balaban J connectivity index is 2.10. The summed E-state index contributed by atoms with van der Waals surface area (Å²) in [6.07, 6.45) is 3.54. The number of hydrogen-bond donors (Lipinski definition) is 1. The lowest BCUT2D eigenvalue weighted by Crippen LogP contribution is -2.53. The second-order valence-corrected chi connectivity index (χ2v) is 5.75.